The maximum absolute atomic E-state index is 12.3. The second-order valence-corrected chi connectivity index (χ2v) is 6.13. The lowest BCUT2D eigenvalue weighted by Crippen LogP contribution is -2.24. The average molecular weight is 362 g/mol. The van der Waals surface area contributed by atoms with E-state index in [0.717, 1.165) is 23.3 Å². The van der Waals surface area contributed by atoms with E-state index in [1.54, 1.807) is 13.2 Å². The Bertz CT molecular complexity index is 763. The van der Waals surface area contributed by atoms with Crippen LogP contribution in [0.25, 0.3) is 0 Å². The zero-order valence-corrected chi connectivity index (χ0v) is 14.8. The molecule has 3 rings (SSSR count). The summed E-state index contributed by atoms with van der Waals surface area (Å²) >= 11 is 6.26. The third-order valence-corrected chi connectivity index (χ3v) is 4.18. The van der Waals surface area contributed by atoms with Crippen LogP contribution in [0.3, 0.4) is 0 Å². The Hall–Kier alpha value is -2.40. The van der Waals surface area contributed by atoms with Crippen LogP contribution in [0.2, 0.25) is 5.02 Å². The molecule has 0 saturated heterocycles. The second kappa shape index (κ2) is 8.12. The van der Waals surface area contributed by atoms with Gasteiger partial charge < -0.3 is 19.5 Å². The first-order chi connectivity index (χ1) is 12.2. The van der Waals surface area contributed by atoms with Gasteiger partial charge in [0.2, 0.25) is 5.91 Å². The highest BCUT2D eigenvalue weighted by Gasteiger charge is 2.17. The van der Waals surface area contributed by atoms with Gasteiger partial charge >= 0.3 is 0 Å². The van der Waals surface area contributed by atoms with E-state index in [9.17, 15) is 4.79 Å². The lowest BCUT2D eigenvalue weighted by molar-refractivity contribution is -0.120. The van der Waals surface area contributed by atoms with Crippen molar-refractivity contribution in [3.8, 4) is 17.2 Å². The van der Waals surface area contributed by atoms with Gasteiger partial charge in [-0.05, 0) is 23.8 Å². The summed E-state index contributed by atoms with van der Waals surface area (Å²) in [7, 11) is 1.61. The van der Waals surface area contributed by atoms with E-state index in [4.69, 9.17) is 25.8 Å². The van der Waals surface area contributed by atoms with Crippen LogP contribution in [-0.4, -0.2) is 26.2 Å². The highest BCUT2D eigenvalue weighted by molar-refractivity contribution is 6.32. The van der Waals surface area contributed by atoms with Gasteiger partial charge in [-0.3, -0.25) is 4.79 Å². The fourth-order valence-corrected chi connectivity index (χ4v) is 2.96. The molecule has 0 radical (unpaired) electrons. The maximum Gasteiger partial charge on any atom is 0.224 e. The van der Waals surface area contributed by atoms with Crippen molar-refractivity contribution in [2.75, 3.05) is 20.3 Å². The standard InChI is InChI=1S/C19H20ClNO4/c1-23-16-6-3-2-5-14(16)12-21-18(22)11-13-9-15(20)19-17(10-13)24-7-4-8-25-19/h2-3,5-6,9-10H,4,7-8,11-12H2,1H3,(H,21,22). The van der Waals surface area contributed by atoms with Crippen LogP contribution in [0.4, 0.5) is 0 Å². The molecular weight excluding hydrogens is 342 g/mol. The lowest BCUT2D eigenvalue weighted by atomic mass is 10.1. The zero-order valence-electron chi connectivity index (χ0n) is 14.0. The lowest BCUT2D eigenvalue weighted by Gasteiger charge is -2.12. The molecule has 0 aromatic heterocycles. The number of ether oxygens (including phenoxy) is 3. The van der Waals surface area contributed by atoms with Crippen molar-refractivity contribution >= 4 is 17.5 Å². The average Bonchev–Trinajstić information content (AvgIpc) is 2.86. The number of hydrogen-bond acceptors (Lipinski definition) is 4. The molecule has 5 nitrogen and oxygen atoms in total. The molecule has 1 amide bonds. The van der Waals surface area contributed by atoms with Crippen molar-refractivity contribution in [1.82, 2.24) is 5.32 Å². The Morgan fingerprint density at radius 3 is 2.88 bits per heavy atom. The van der Waals surface area contributed by atoms with Crippen LogP contribution in [0, 0.1) is 0 Å². The van der Waals surface area contributed by atoms with Crippen molar-refractivity contribution in [1.29, 1.82) is 0 Å². The zero-order chi connectivity index (χ0) is 17.6. The van der Waals surface area contributed by atoms with Crippen LogP contribution in [0.1, 0.15) is 17.5 Å². The maximum atomic E-state index is 12.3. The van der Waals surface area contributed by atoms with Crippen LogP contribution in [-0.2, 0) is 17.8 Å². The Morgan fingerprint density at radius 1 is 1.24 bits per heavy atom. The van der Waals surface area contributed by atoms with Gasteiger partial charge in [-0.1, -0.05) is 29.8 Å². The number of nitrogens with one attached hydrogen (secondary N) is 1. The molecule has 0 bridgehead atoms. The number of para-hydroxylation sites is 1. The summed E-state index contributed by atoms with van der Waals surface area (Å²) in [4.78, 5) is 12.3. The second-order valence-electron chi connectivity index (χ2n) is 5.72. The molecule has 0 fully saturated rings. The van der Waals surface area contributed by atoms with Gasteiger partial charge in [-0.15, -0.1) is 0 Å². The van der Waals surface area contributed by atoms with E-state index in [-0.39, 0.29) is 12.3 Å². The van der Waals surface area contributed by atoms with Gasteiger partial charge in [-0.2, -0.15) is 0 Å². The molecule has 0 spiro atoms. The Labute approximate surface area is 151 Å². The van der Waals surface area contributed by atoms with Gasteiger partial charge in [0.1, 0.15) is 5.75 Å². The minimum atomic E-state index is -0.100. The molecule has 1 heterocycles. The van der Waals surface area contributed by atoms with E-state index in [1.807, 2.05) is 30.3 Å². The molecule has 2 aromatic carbocycles. The van der Waals surface area contributed by atoms with Crippen molar-refractivity contribution < 1.29 is 19.0 Å². The third kappa shape index (κ3) is 4.37. The quantitative estimate of drug-likeness (QED) is 0.887. The number of benzene rings is 2. The molecule has 0 atom stereocenters. The molecule has 1 N–H and O–H groups in total. The van der Waals surface area contributed by atoms with Gasteiger partial charge in [0.25, 0.3) is 0 Å². The number of halogens is 1. The van der Waals surface area contributed by atoms with Crippen molar-refractivity contribution in [2.45, 2.75) is 19.4 Å². The Morgan fingerprint density at radius 2 is 2.04 bits per heavy atom. The highest BCUT2D eigenvalue weighted by Crippen LogP contribution is 2.38. The molecule has 0 saturated carbocycles. The van der Waals surface area contributed by atoms with Crippen LogP contribution in [0.15, 0.2) is 36.4 Å². The van der Waals surface area contributed by atoms with E-state index in [2.05, 4.69) is 5.32 Å². The minimum absolute atomic E-state index is 0.100. The SMILES string of the molecule is COc1ccccc1CNC(=O)Cc1cc(Cl)c2c(c1)OCCCO2. The van der Waals surface area contributed by atoms with E-state index < -0.39 is 0 Å². The Balaban J connectivity index is 1.65. The number of carbonyl (C=O) groups is 1. The molecule has 25 heavy (non-hydrogen) atoms. The van der Waals surface area contributed by atoms with Crippen LogP contribution in [0.5, 0.6) is 17.2 Å². The predicted octanol–water partition coefficient (Wildman–Crippen LogP) is 3.37. The normalized spacial score (nSPS) is 13.0. The minimum Gasteiger partial charge on any atom is -0.496 e. The fraction of sp³-hybridized carbons (Fsp3) is 0.316. The first-order valence-corrected chi connectivity index (χ1v) is 8.52. The first-order valence-electron chi connectivity index (χ1n) is 8.14. The molecule has 0 aliphatic carbocycles. The number of rotatable bonds is 5. The summed E-state index contributed by atoms with van der Waals surface area (Å²) in [5, 5.41) is 3.36. The van der Waals surface area contributed by atoms with E-state index in [1.165, 1.54) is 0 Å². The number of carbonyl (C=O) groups excluding carboxylic acids is 1. The monoisotopic (exact) mass is 361 g/mol. The van der Waals surface area contributed by atoms with Crippen molar-refractivity contribution in [2.24, 2.45) is 0 Å². The molecule has 1 aliphatic rings. The van der Waals surface area contributed by atoms with E-state index >= 15 is 0 Å². The summed E-state index contributed by atoms with van der Waals surface area (Å²) < 4.78 is 16.5. The number of fused-ring (bicyclic) bond motifs is 1. The summed E-state index contributed by atoms with van der Waals surface area (Å²) in [5.41, 5.74) is 1.71. The summed E-state index contributed by atoms with van der Waals surface area (Å²) in [6.07, 6.45) is 1.02. The summed E-state index contributed by atoms with van der Waals surface area (Å²) in [6.45, 7) is 1.55. The van der Waals surface area contributed by atoms with E-state index in [0.29, 0.717) is 36.3 Å². The number of amides is 1. The first kappa shape index (κ1) is 17.4. The summed E-state index contributed by atoms with van der Waals surface area (Å²) in [6, 6.07) is 11.2. The molecule has 0 unspecified atom stereocenters. The predicted molar refractivity (Wildman–Crippen MR) is 95.6 cm³/mol. The van der Waals surface area contributed by atoms with Gasteiger partial charge in [0.15, 0.2) is 11.5 Å². The van der Waals surface area contributed by atoms with Crippen molar-refractivity contribution in [3.63, 3.8) is 0 Å². The fourth-order valence-electron chi connectivity index (χ4n) is 2.68. The smallest absolute Gasteiger partial charge is 0.224 e. The molecule has 6 heteroatoms. The molecule has 1 aliphatic heterocycles. The van der Waals surface area contributed by atoms with Crippen LogP contribution >= 0.6 is 11.6 Å². The van der Waals surface area contributed by atoms with Gasteiger partial charge in [0, 0.05) is 18.5 Å². The van der Waals surface area contributed by atoms with Gasteiger partial charge in [0.05, 0.1) is 31.8 Å². The largest absolute Gasteiger partial charge is 0.496 e. The molecular formula is C19H20ClNO4. The molecule has 132 valence electrons. The van der Waals surface area contributed by atoms with Gasteiger partial charge in [-0.25, -0.2) is 0 Å². The topological polar surface area (TPSA) is 56.8 Å². The number of hydrogen-bond donors (Lipinski definition) is 1. The van der Waals surface area contributed by atoms with Crippen molar-refractivity contribution in [3.05, 3.63) is 52.5 Å². The highest BCUT2D eigenvalue weighted by atomic mass is 35.5. The Kier molecular flexibility index (Phi) is 5.66. The third-order valence-electron chi connectivity index (χ3n) is 3.90. The summed E-state index contributed by atoms with van der Waals surface area (Å²) in [5.74, 6) is 1.80. The van der Waals surface area contributed by atoms with Crippen LogP contribution < -0.4 is 19.5 Å². The molecule has 2 aromatic rings. The number of methoxy groups -OCH3 is 1.